The number of hydrogen-bond acceptors (Lipinski definition) is 7. The molecule has 0 radical (unpaired) electrons. The molecular weight excluding hydrogens is 490 g/mol. The fourth-order valence-electron chi connectivity index (χ4n) is 5.78. The Hall–Kier alpha value is -3.17. The van der Waals surface area contributed by atoms with Crippen molar-refractivity contribution >= 4 is 18.0 Å². The molecule has 1 aromatic carbocycles. The second kappa shape index (κ2) is 11.3. The van der Waals surface area contributed by atoms with Gasteiger partial charge in [-0.1, -0.05) is 51.1 Å². The first-order chi connectivity index (χ1) is 17.7. The summed E-state index contributed by atoms with van der Waals surface area (Å²) < 4.78 is 10.9. The van der Waals surface area contributed by atoms with E-state index in [2.05, 4.69) is 0 Å². The van der Waals surface area contributed by atoms with Gasteiger partial charge in [-0.05, 0) is 51.5 Å². The van der Waals surface area contributed by atoms with Crippen molar-refractivity contribution in [2.24, 2.45) is 17.3 Å². The van der Waals surface area contributed by atoms with Gasteiger partial charge >= 0.3 is 12.1 Å². The van der Waals surface area contributed by atoms with Crippen LogP contribution in [0.3, 0.4) is 0 Å². The third-order valence-corrected chi connectivity index (χ3v) is 7.22. The van der Waals surface area contributed by atoms with E-state index in [1.54, 1.807) is 58.0 Å². The topological polar surface area (TPSA) is 119 Å². The number of piperidine rings is 1. The largest absolute Gasteiger partial charge is 0.464 e. The summed E-state index contributed by atoms with van der Waals surface area (Å²) in [5.74, 6) is -2.46. The van der Waals surface area contributed by atoms with E-state index in [9.17, 15) is 24.5 Å². The number of carbonyl (C=O) groups is 3. The lowest BCUT2D eigenvalue weighted by Crippen LogP contribution is -2.52. The van der Waals surface area contributed by atoms with E-state index >= 15 is 0 Å². The van der Waals surface area contributed by atoms with Gasteiger partial charge in [-0.25, -0.2) is 9.59 Å². The molecule has 3 rings (SSSR count). The first-order valence-corrected chi connectivity index (χ1v) is 13.3. The fourth-order valence-corrected chi connectivity index (χ4v) is 5.78. The molecule has 0 N–H and O–H groups in total. The lowest BCUT2D eigenvalue weighted by molar-refractivity contribution is -0.536. The number of nitrogens with zero attached hydrogens (tertiary/aromatic N) is 3. The van der Waals surface area contributed by atoms with Crippen LogP contribution in [0.5, 0.6) is 0 Å². The summed E-state index contributed by atoms with van der Waals surface area (Å²) in [5.41, 5.74) is -0.787. The van der Waals surface area contributed by atoms with E-state index in [1.807, 2.05) is 20.8 Å². The number of rotatable bonds is 5. The molecule has 2 saturated heterocycles. The fraction of sp³-hybridized carbons (Fsp3) is 0.679. The smallest absolute Gasteiger partial charge is 0.410 e. The summed E-state index contributed by atoms with van der Waals surface area (Å²) in [6, 6.07) is 5.52. The quantitative estimate of drug-likeness (QED) is 0.313. The lowest BCUT2D eigenvalue weighted by Gasteiger charge is -2.38. The number of ether oxygens (including phenoxy) is 2. The Kier molecular flexibility index (Phi) is 8.73. The third-order valence-electron chi connectivity index (χ3n) is 7.22. The lowest BCUT2D eigenvalue weighted by atomic mass is 9.73. The van der Waals surface area contributed by atoms with Crippen LogP contribution in [0.2, 0.25) is 0 Å². The molecule has 2 amide bonds. The van der Waals surface area contributed by atoms with Crippen molar-refractivity contribution in [2.45, 2.75) is 85.0 Å². The molecule has 38 heavy (non-hydrogen) atoms. The molecule has 0 aliphatic carbocycles. The van der Waals surface area contributed by atoms with E-state index < -0.39 is 53.0 Å². The second-order valence-electron chi connectivity index (χ2n) is 12.2. The summed E-state index contributed by atoms with van der Waals surface area (Å²) >= 11 is 0. The summed E-state index contributed by atoms with van der Waals surface area (Å²) in [6.45, 7) is 13.2. The Labute approximate surface area is 224 Å². The Morgan fingerprint density at radius 3 is 2.24 bits per heavy atom. The molecule has 2 fully saturated rings. The minimum atomic E-state index is -1.22. The molecule has 2 aliphatic rings. The van der Waals surface area contributed by atoms with Crippen molar-refractivity contribution in [1.29, 1.82) is 0 Å². The van der Waals surface area contributed by atoms with Gasteiger partial charge < -0.3 is 19.3 Å². The molecule has 0 unspecified atom stereocenters. The molecular formula is C28H41N3O7. The highest BCUT2D eigenvalue weighted by Crippen LogP contribution is 2.50. The van der Waals surface area contributed by atoms with Crippen molar-refractivity contribution in [3.63, 3.8) is 0 Å². The molecule has 10 nitrogen and oxygen atoms in total. The average Bonchev–Trinajstić information content (AvgIpc) is 3.20. The maximum absolute atomic E-state index is 14.3. The van der Waals surface area contributed by atoms with Crippen molar-refractivity contribution in [1.82, 2.24) is 9.80 Å². The Morgan fingerprint density at radius 1 is 1.08 bits per heavy atom. The van der Waals surface area contributed by atoms with Gasteiger partial charge in [-0.15, -0.1) is 0 Å². The van der Waals surface area contributed by atoms with E-state index in [4.69, 9.17) is 9.47 Å². The maximum atomic E-state index is 14.3. The highest BCUT2D eigenvalue weighted by Gasteiger charge is 2.64. The molecule has 210 valence electrons. The van der Waals surface area contributed by atoms with Gasteiger partial charge in [0, 0.05) is 18.0 Å². The predicted octanol–water partition coefficient (Wildman–Crippen LogP) is 4.46. The monoisotopic (exact) mass is 531 g/mol. The maximum Gasteiger partial charge on any atom is 0.410 e. The molecule has 2 aliphatic heterocycles. The number of nitro groups is 1. The van der Waals surface area contributed by atoms with Crippen molar-refractivity contribution in [3.05, 3.63) is 46.0 Å². The molecule has 5 atom stereocenters. The van der Waals surface area contributed by atoms with Crippen LogP contribution >= 0.6 is 0 Å². The van der Waals surface area contributed by atoms with Gasteiger partial charge in [0.25, 0.3) is 0 Å². The minimum Gasteiger partial charge on any atom is -0.464 e. The summed E-state index contributed by atoms with van der Waals surface area (Å²) in [6.07, 6.45) is 0.564. The summed E-state index contributed by atoms with van der Waals surface area (Å²) in [4.78, 5) is 55.7. The third kappa shape index (κ3) is 6.27. The number of esters is 1. The predicted molar refractivity (Wildman–Crippen MR) is 141 cm³/mol. The highest BCUT2D eigenvalue weighted by atomic mass is 16.6. The van der Waals surface area contributed by atoms with Crippen molar-refractivity contribution < 1.29 is 28.8 Å². The second-order valence-corrected chi connectivity index (χ2v) is 12.2. The standard InChI is InChI=1S/C28H41N3O7/c1-8-37-25(33)23-20(27(2,3)4)22(31(35)36)21(18-13-10-9-11-14-18)30(23)24(32)19-15-12-16-29(17-19)26(34)38-28(5,6)7/h9-11,13-14,19-23H,8,12,15-17H2,1-7H3/t19-,20+,21+,22+,23+/m1/s1. The van der Waals surface area contributed by atoms with E-state index in [1.165, 1.54) is 9.80 Å². The van der Waals surface area contributed by atoms with Crippen LogP contribution in [0.4, 0.5) is 4.79 Å². The van der Waals surface area contributed by atoms with Gasteiger partial charge in [0.2, 0.25) is 11.9 Å². The van der Waals surface area contributed by atoms with Gasteiger partial charge in [0.15, 0.2) is 0 Å². The zero-order valence-electron chi connectivity index (χ0n) is 23.5. The van der Waals surface area contributed by atoms with Crippen molar-refractivity contribution in [2.75, 3.05) is 19.7 Å². The Balaban J connectivity index is 2.09. The number of likely N-dealkylation sites (tertiary alicyclic amines) is 2. The van der Waals surface area contributed by atoms with Crippen LogP contribution in [0.15, 0.2) is 30.3 Å². The Bertz CT molecular complexity index is 1030. The molecule has 0 bridgehead atoms. The minimum absolute atomic E-state index is 0.0865. The highest BCUT2D eigenvalue weighted by molar-refractivity contribution is 5.88. The van der Waals surface area contributed by atoms with Gasteiger partial charge in [-0.2, -0.15) is 0 Å². The van der Waals surface area contributed by atoms with Crippen molar-refractivity contribution in [3.8, 4) is 0 Å². The van der Waals surface area contributed by atoms with Crippen LogP contribution in [-0.2, 0) is 19.1 Å². The van der Waals surface area contributed by atoms with Gasteiger partial charge in [-0.3, -0.25) is 14.9 Å². The molecule has 0 aromatic heterocycles. The molecule has 0 saturated carbocycles. The normalized spacial score (nSPS) is 26.1. The molecule has 10 heteroatoms. The summed E-state index contributed by atoms with van der Waals surface area (Å²) in [5, 5.41) is 12.6. The molecule has 1 aromatic rings. The van der Waals surface area contributed by atoms with Crippen LogP contribution in [0, 0.1) is 27.4 Å². The van der Waals surface area contributed by atoms with E-state index in [-0.39, 0.29) is 24.0 Å². The van der Waals surface area contributed by atoms with Crippen LogP contribution in [-0.4, -0.2) is 70.1 Å². The van der Waals surface area contributed by atoms with Gasteiger partial charge in [0.1, 0.15) is 17.7 Å². The Morgan fingerprint density at radius 2 is 1.71 bits per heavy atom. The number of carbonyl (C=O) groups excluding carboxylic acids is 3. The molecule has 2 heterocycles. The zero-order valence-corrected chi connectivity index (χ0v) is 23.5. The first kappa shape index (κ1) is 29.4. The number of benzene rings is 1. The summed E-state index contributed by atoms with van der Waals surface area (Å²) in [7, 11) is 0. The molecule has 0 spiro atoms. The number of amides is 2. The zero-order chi connectivity index (χ0) is 28.4. The van der Waals surface area contributed by atoms with E-state index in [0.29, 0.717) is 24.9 Å². The van der Waals surface area contributed by atoms with Crippen LogP contribution in [0.25, 0.3) is 0 Å². The van der Waals surface area contributed by atoms with Crippen LogP contribution < -0.4 is 0 Å². The van der Waals surface area contributed by atoms with E-state index in [0.717, 1.165) is 0 Å². The van der Waals surface area contributed by atoms with Gasteiger partial charge in [0.05, 0.1) is 18.4 Å². The average molecular weight is 532 g/mol. The SMILES string of the molecule is CCOC(=O)[C@@H]1[C@@H](C(C)(C)C)[C@H]([N+](=O)[O-])[C@H](c2ccccc2)N1C(=O)[C@@H]1CCCN(C(=O)OC(C)(C)C)C1. The van der Waals surface area contributed by atoms with Crippen LogP contribution in [0.1, 0.15) is 72.9 Å². The number of hydrogen-bond donors (Lipinski definition) is 0. The first-order valence-electron chi connectivity index (χ1n) is 13.3.